The number of ether oxygens (including phenoxy) is 1. The predicted octanol–water partition coefficient (Wildman–Crippen LogP) is 0.710. The van der Waals surface area contributed by atoms with Gasteiger partial charge in [0.2, 0.25) is 0 Å². The minimum Gasteiger partial charge on any atom is -0.467 e. The van der Waals surface area contributed by atoms with E-state index < -0.39 is 0 Å². The first-order chi connectivity index (χ1) is 7.20. The molecule has 0 radical (unpaired) electrons. The van der Waals surface area contributed by atoms with Crippen LogP contribution >= 0.6 is 11.6 Å². The number of aliphatic hydroxyl groups is 1. The van der Waals surface area contributed by atoms with Crippen molar-refractivity contribution < 1.29 is 9.84 Å². The molecule has 0 aliphatic carbocycles. The molecular formula is C9H12ClN3O2. The van der Waals surface area contributed by atoms with E-state index in [-0.39, 0.29) is 12.1 Å². The molecule has 1 atom stereocenters. The van der Waals surface area contributed by atoms with Gasteiger partial charge in [0, 0.05) is 13.1 Å². The molecule has 1 N–H and O–H groups in total. The van der Waals surface area contributed by atoms with Crippen LogP contribution in [0.3, 0.4) is 0 Å². The van der Waals surface area contributed by atoms with Crippen LogP contribution in [0.2, 0.25) is 5.02 Å². The zero-order valence-electron chi connectivity index (χ0n) is 8.35. The zero-order valence-corrected chi connectivity index (χ0v) is 9.11. The molecule has 0 aromatic carbocycles. The van der Waals surface area contributed by atoms with E-state index in [0.717, 1.165) is 13.0 Å². The first-order valence-corrected chi connectivity index (χ1v) is 5.08. The van der Waals surface area contributed by atoms with Crippen molar-refractivity contribution in [3.05, 3.63) is 11.2 Å². The number of anilines is 1. The second kappa shape index (κ2) is 4.20. The zero-order chi connectivity index (χ0) is 10.8. The Kier molecular flexibility index (Phi) is 2.93. The number of halogens is 1. The maximum atomic E-state index is 9.42. The molecule has 1 aliphatic rings. The highest BCUT2D eigenvalue weighted by Gasteiger charge is 2.23. The summed E-state index contributed by atoms with van der Waals surface area (Å²) in [6.07, 6.45) is 1.94. The molecule has 6 heteroatoms. The van der Waals surface area contributed by atoms with Gasteiger partial charge in [-0.15, -0.1) is 0 Å². The molecule has 82 valence electrons. The van der Waals surface area contributed by atoms with Gasteiger partial charge in [-0.3, -0.25) is 0 Å². The van der Waals surface area contributed by atoms with Crippen LogP contribution in [-0.2, 0) is 0 Å². The summed E-state index contributed by atoms with van der Waals surface area (Å²) in [7, 11) is 1.51. The first kappa shape index (κ1) is 10.4. The van der Waals surface area contributed by atoms with Crippen LogP contribution in [0.4, 0.5) is 5.82 Å². The quantitative estimate of drug-likeness (QED) is 0.810. The molecule has 1 saturated heterocycles. The molecule has 0 amide bonds. The van der Waals surface area contributed by atoms with Crippen molar-refractivity contribution in [3.8, 4) is 6.01 Å². The van der Waals surface area contributed by atoms with E-state index in [1.54, 1.807) is 0 Å². The van der Waals surface area contributed by atoms with Crippen LogP contribution < -0.4 is 9.64 Å². The fourth-order valence-electron chi connectivity index (χ4n) is 1.60. The van der Waals surface area contributed by atoms with Crippen molar-refractivity contribution in [2.24, 2.45) is 0 Å². The van der Waals surface area contributed by atoms with Gasteiger partial charge in [0.25, 0.3) is 0 Å². The number of aliphatic hydroxyl groups excluding tert-OH is 1. The van der Waals surface area contributed by atoms with Gasteiger partial charge in [0.05, 0.1) is 19.4 Å². The van der Waals surface area contributed by atoms with Gasteiger partial charge in [-0.2, -0.15) is 4.98 Å². The summed E-state index contributed by atoms with van der Waals surface area (Å²) in [5.74, 6) is 0.625. The largest absolute Gasteiger partial charge is 0.467 e. The monoisotopic (exact) mass is 229 g/mol. The van der Waals surface area contributed by atoms with Gasteiger partial charge in [0.15, 0.2) is 5.82 Å². The average molecular weight is 230 g/mol. The number of aromatic nitrogens is 2. The molecule has 1 aliphatic heterocycles. The Balaban J connectivity index is 2.26. The van der Waals surface area contributed by atoms with Crippen molar-refractivity contribution in [2.75, 3.05) is 25.1 Å². The first-order valence-electron chi connectivity index (χ1n) is 4.70. The lowest BCUT2D eigenvalue weighted by Crippen LogP contribution is -2.22. The number of β-amino-alcohol motifs (C(OH)–C–C–N with tert-alkyl or cyclic N) is 1. The van der Waals surface area contributed by atoms with Crippen LogP contribution in [0.1, 0.15) is 6.42 Å². The van der Waals surface area contributed by atoms with Crippen molar-refractivity contribution in [3.63, 3.8) is 0 Å². The Labute approximate surface area is 92.7 Å². The number of hydrogen-bond donors (Lipinski definition) is 1. The van der Waals surface area contributed by atoms with Gasteiger partial charge in [0.1, 0.15) is 5.02 Å². The summed E-state index contributed by atoms with van der Waals surface area (Å²) < 4.78 is 4.93. The van der Waals surface area contributed by atoms with E-state index in [9.17, 15) is 5.11 Å². The maximum absolute atomic E-state index is 9.42. The fourth-order valence-corrected chi connectivity index (χ4v) is 1.81. The highest BCUT2D eigenvalue weighted by atomic mass is 35.5. The van der Waals surface area contributed by atoms with Crippen molar-refractivity contribution >= 4 is 17.4 Å². The highest BCUT2D eigenvalue weighted by molar-refractivity contribution is 6.32. The average Bonchev–Trinajstić information content (AvgIpc) is 2.65. The lowest BCUT2D eigenvalue weighted by molar-refractivity contribution is 0.198. The van der Waals surface area contributed by atoms with E-state index in [4.69, 9.17) is 16.3 Å². The van der Waals surface area contributed by atoms with Crippen molar-refractivity contribution in [1.82, 2.24) is 9.97 Å². The number of nitrogens with zero attached hydrogens (tertiary/aromatic N) is 3. The minimum atomic E-state index is -0.304. The Hall–Kier alpha value is -1.07. The highest BCUT2D eigenvalue weighted by Crippen LogP contribution is 2.27. The fraction of sp³-hybridized carbons (Fsp3) is 0.556. The Morgan fingerprint density at radius 1 is 1.67 bits per heavy atom. The smallest absolute Gasteiger partial charge is 0.318 e. The van der Waals surface area contributed by atoms with Crippen molar-refractivity contribution in [2.45, 2.75) is 12.5 Å². The van der Waals surface area contributed by atoms with Gasteiger partial charge in [-0.25, -0.2) is 4.98 Å². The molecule has 1 aromatic heterocycles. The third-order valence-electron chi connectivity index (χ3n) is 2.35. The van der Waals surface area contributed by atoms with Crippen LogP contribution in [0, 0.1) is 0 Å². The summed E-state index contributed by atoms with van der Waals surface area (Å²) in [4.78, 5) is 9.98. The summed E-state index contributed by atoms with van der Waals surface area (Å²) in [6, 6.07) is 0.288. The minimum absolute atomic E-state index is 0.288. The lowest BCUT2D eigenvalue weighted by atomic mass is 10.3. The second-order valence-corrected chi connectivity index (χ2v) is 3.82. The molecule has 2 heterocycles. The molecule has 5 nitrogen and oxygen atoms in total. The molecule has 0 saturated carbocycles. The van der Waals surface area contributed by atoms with Crippen LogP contribution in [0.5, 0.6) is 6.01 Å². The number of rotatable bonds is 2. The van der Waals surface area contributed by atoms with E-state index >= 15 is 0 Å². The lowest BCUT2D eigenvalue weighted by Gasteiger charge is -2.17. The number of methoxy groups -OCH3 is 1. The van der Waals surface area contributed by atoms with Crippen molar-refractivity contribution in [1.29, 1.82) is 0 Å². The van der Waals surface area contributed by atoms with Gasteiger partial charge >= 0.3 is 6.01 Å². The van der Waals surface area contributed by atoms with E-state index in [2.05, 4.69) is 9.97 Å². The third-order valence-corrected chi connectivity index (χ3v) is 2.62. The third kappa shape index (κ3) is 2.13. The molecule has 0 bridgehead atoms. The van der Waals surface area contributed by atoms with Gasteiger partial charge < -0.3 is 14.7 Å². The topological polar surface area (TPSA) is 58.5 Å². The molecule has 1 aromatic rings. The molecule has 0 spiro atoms. The molecular weight excluding hydrogens is 218 g/mol. The van der Waals surface area contributed by atoms with E-state index in [1.807, 2.05) is 4.90 Å². The Morgan fingerprint density at radius 2 is 2.47 bits per heavy atom. The standard InChI is InChI=1S/C9H12ClN3O2/c1-15-9-11-4-7(10)8(12-9)13-3-2-6(14)5-13/h4,6,14H,2-3,5H2,1H3/t6-/m1/s1. The predicted molar refractivity (Wildman–Crippen MR) is 56.4 cm³/mol. The molecule has 15 heavy (non-hydrogen) atoms. The summed E-state index contributed by atoms with van der Waals surface area (Å²) in [6.45, 7) is 1.31. The normalized spacial score (nSPS) is 20.7. The summed E-state index contributed by atoms with van der Waals surface area (Å²) >= 11 is 5.98. The SMILES string of the molecule is COc1ncc(Cl)c(N2CC[C@@H](O)C2)n1. The molecule has 2 rings (SSSR count). The Bertz CT molecular complexity index is 361. The second-order valence-electron chi connectivity index (χ2n) is 3.42. The van der Waals surface area contributed by atoms with Crippen LogP contribution in [0.25, 0.3) is 0 Å². The van der Waals surface area contributed by atoms with Crippen LogP contribution in [-0.4, -0.2) is 41.4 Å². The maximum Gasteiger partial charge on any atom is 0.318 e. The molecule has 0 unspecified atom stereocenters. The van der Waals surface area contributed by atoms with E-state index in [0.29, 0.717) is 17.4 Å². The summed E-state index contributed by atoms with van der Waals surface area (Å²) in [5, 5.41) is 9.90. The molecule has 1 fully saturated rings. The van der Waals surface area contributed by atoms with Gasteiger partial charge in [-0.05, 0) is 6.42 Å². The number of hydrogen-bond acceptors (Lipinski definition) is 5. The van der Waals surface area contributed by atoms with E-state index in [1.165, 1.54) is 13.3 Å². The Morgan fingerprint density at radius 3 is 3.07 bits per heavy atom. The summed E-state index contributed by atoms with van der Waals surface area (Å²) in [5.41, 5.74) is 0. The van der Waals surface area contributed by atoms with Crippen LogP contribution in [0.15, 0.2) is 6.20 Å². The van der Waals surface area contributed by atoms with Gasteiger partial charge in [-0.1, -0.05) is 11.6 Å².